The van der Waals surface area contributed by atoms with Gasteiger partial charge < -0.3 is 10.8 Å². The normalized spacial score (nSPS) is 14.1. The van der Waals surface area contributed by atoms with Crippen LogP contribution in [0.4, 0.5) is 0 Å². The third kappa shape index (κ3) is 3.78. The van der Waals surface area contributed by atoms with E-state index in [9.17, 15) is 4.79 Å². The molecule has 0 bridgehead atoms. The van der Waals surface area contributed by atoms with E-state index in [0.29, 0.717) is 6.42 Å². The van der Waals surface area contributed by atoms with Crippen molar-refractivity contribution in [3.05, 3.63) is 12.7 Å². The summed E-state index contributed by atoms with van der Waals surface area (Å²) in [5.41, 5.74) is 5.13. The van der Waals surface area contributed by atoms with Crippen molar-refractivity contribution in [2.75, 3.05) is 0 Å². The number of rotatable bonds is 4. The van der Waals surface area contributed by atoms with Gasteiger partial charge in [0.2, 0.25) is 0 Å². The van der Waals surface area contributed by atoms with Crippen LogP contribution in [0.15, 0.2) is 12.7 Å². The lowest BCUT2D eigenvalue weighted by molar-refractivity contribution is -0.139. The Hall–Kier alpha value is -0.830. The molecule has 0 radical (unpaired) electrons. The van der Waals surface area contributed by atoms with Gasteiger partial charge in [-0.1, -0.05) is 19.9 Å². The lowest BCUT2D eigenvalue weighted by Gasteiger charge is -2.21. The Morgan fingerprint density at radius 1 is 1.82 bits per heavy atom. The number of nitrogens with two attached hydrogens (primary N) is 1. The molecule has 0 aliphatic heterocycles. The summed E-state index contributed by atoms with van der Waals surface area (Å²) in [6, 6.07) is -0.789. The topological polar surface area (TPSA) is 63.3 Å². The van der Waals surface area contributed by atoms with E-state index in [1.807, 2.05) is 13.8 Å². The molecule has 0 heterocycles. The average molecular weight is 157 g/mol. The van der Waals surface area contributed by atoms with Crippen LogP contribution in [0.25, 0.3) is 0 Å². The fraction of sp³-hybridized carbons (Fsp3) is 0.625. The molecule has 0 aromatic heterocycles. The molecule has 0 spiro atoms. The predicted octanol–water partition coefficient (Wildman–Crippen LogP) is 1.00. The summed E-state index contributed by atoms with van der Waals surface area (Å²) >= 11 is 0. The molecule has 1 atom stereocenters. The van der Waals surface area contributed by atoms with Gasteiger partial charge in [0.25, 0.3) is 0 Å². The van der Waals surface area contributed by atoms with Crippen LogP contribution in [0.2, 0.25) is 0 Å². The zero-order chi connectivity index (χ0) is 9.07. The summed E-state index contributed by atoms with van der Waals surface area (Å²) in [4.78, 5) is 10.3. The van der Waals surface area contributed by atoms with Crippen molar-refractivity contribution in [3.63, 3.8) is 0 Å². The fourth-order valence-corrected chi connectivity index (χ4v) is 0.737. The first-order chi connectivity index (χ1) is 4.89. The van der Waals surface area contributed by atoms with E-state index in [4.69, 9.17) is 10.8 Å². The Bertz CT molecular complexity index is 163. The van der Waals surface area contributed by atoms with Gasteiger partial charge in [-0.2, -0.15) is 0 Å². The van der Waals surface area contributed by atoms with Gasteiger partial charge in [-0.05, 0) is 11.8 Å². The first-order valence-corrected chi connectivity index (χ1v) is 3.51. The predicted molar refractivity (Wildman–Crippen MR) is 44.2 cm³/mol. The molecule has 0 fully saturated rings. The van der Waals surface area contributed by atoms with Crippen molar-refractivity contribution >= 4 is 5.97 Å². The fourth-order valence-electron chi connectivity index (χ4n) is 0.737. The second-order valence-corrected chi connectivity index (χ2v) is 3.34. The zero-order valence-corrected chi connectivity index (χ0v) is 7.00. The zero-order valence-electron chi connectivity index (χ0n) is 7.00. The highest BCUT2D eigenvalue weighted by molar-refractivity contribution is 5.73. The van der Waals surface area contributed by atoms with Gasteiger partial charge in [0, 0.05) is 0 Å². The lowest BCUT2D eigenvalue weighted by Crippen LogP contribution is -2.34. The molecule has 0 saturated heterocycles. The number of carboxylic acid groups (broad SMARTS) is 1. The van der Waals surface area contributed by atoms with Gasteiger partial charge in [0.1, 0.15) is 6.04 Å². The Labute approximate surface area is 66.9 Å². The van der Waals surface area contributed by atoms with Gasteiger partial charge in [0.15, 0.2) is 0 Å². The molecule has 0 saturated carbocycles. The third-order valence-electron chi connectivity index (χ3n) is 1.62. The smallest absolute Gasteiger partial charge is 0.320 e. The van der Waals surface area contributed by atoms with Crippen LogP contribution in [-0.2, 0) is 4.79 Å². The highest BCUT2D eigenvalue weighted by Crippen LogP contribution is 2.22. The van der Waals surface area contributed by atoms with Crippen molar-refractivity contribution in [1.82, 2.24) is 0 Å². The van der Waals surface area contributed by atoms with E-state index in [1.54, 1.807) is 6.08 Å². The Morgan fingerprint density at radius 2 is 2.27 bits per heavy atom. The molecule has 0 amide bonds. The van der Waals surface area contributed by atoms with Gasteiger partial charge >= 0.3 is 5.97 Å². The maximum absolute atomic E-state index is 10.3. The van der Waals surface area contributed by atoms with Crippen LogP contribution >= 0.6 is 0 Å². The highest BCUT2D eigenvalue weighted by atomic mass is 16.4. The summed E-state index contributed by atoms with van der Waals surface area (Å²) in [6.45, 7) is 7.41. The SMILES string of the molecule is C=CC(C)(C)C[C@H](N)C(=O)O. The molecule has 64 valence electrons. The van der Waals surface area contributed by atoms with E-state index in [2.05, 4.69) is 6.58 Å². The number of allylic oxidation sites excluding steroid dienone is 1. The molecule has 0 aromatic rings. The van der Waals surface area contributed by atoms with Crippen LogP contribution in [0.1, 0.15) is 20.3 Å². The summed E-state index contributed by atoms with van der Waals surface area (Å²) in [7, 11) is 0. The van der Waals surface area contributed by atoms with E-state index in [1.165, 1.54) is 0 Å². The maximum Gasteiger partial charge on any atom is 0.320 e. The molecule has 0 aromatic carbocycles. The number of aliphatic carboxylic acids is 1. The van der Waals surface area contributed by atoms with Crippen LogP contribution in [0.5, 0.6) is 0 Å². The van der Waals surface area contributed by atoms with E-state index < -0.39 is 12.0 Å². The lowest BCUT2D eigenvalue weighted by atomic mass is 9.86. The van der Waals surface area contributed by atoms with Gasteiger partial charge in [-0.15, -0.1) is 6.58 Å². The molecule has 3 nitrogen and oxygen atoms in total. The number of hydrogen-bond acceptors (Lipinski definition) is 2. The Kier molecular flexibility index (Phi) is 3.26. The first-order valence-electron chi connectivity index (χ1n) is 3.51. The number of hydrogen-bond donors (Lipinski definition) is 2. The van der Waals surface area contributed by atoms with Gasteiger partial charge in [0.05, 0.1) is 0 Å². The minimum absolute atomic E-state index is 0.197. The van der Waals surface area contributed by atoms with Crippen molar-refractivity contribution in [2.45, 2.75) is 26.3 Å². The summed E-state index contributed by atoms with van der Waals surface area (Å²) < 4.78 is 0. The molecular formula is C8H15NO2. The van der Waals surface area contributed by atoms with Crippen molar-refractivity contribution in [2.24, 2.45) is 11.1 Å². The van der Waals surface area contributed by atoms with Crippen LogP contribution in [-0.4, -0.2) is 17.1 Å². The molecule has 3 heteroatoms. The number of carboxylic acids is 1. The summed E-state index contributed by atoms with van der Waals surface area (Å²) in [5, 5.41) is 8.48. The molecular weight excluding hydrogens is 142 g/mol. The molecule has 3 N–H and O–H groups in total. The first kappa shape index (κ1) is 10.2. The molecule has 0 aliphatic carbocycles. The second-order valence-electron chi connectivity index (χ2n) is 3.34. The average Bonchev–Trinajstić information content (AvgIpc) is 1.87. The van der Waals surface area contributed by atoms with E-state index in [-0.39, 0.29) is 5.41 Å². The minimum Gasteiger partial charge on any atom is -0.480 e. The van der Waals surface area contributed by atoms with E-state index >= 15 is 0 Å². The molecule has 0 unspecified atom stereocenters. The quantitative estimate of drug-likeness (QED) is 0.598. The Morgan fingerprint density at radius 3 is 2.55 bits per heavy atom. The summed E-state index contributed by atoms with van der Waals surface area (Å²) in [5.74, 6) is -0.958. The van der Waals surface area contributed by atoms with Crippen molar-refractivity contribution < 1.29 is 9.90 Å². The molecule has 11 heavy (non-hydrogen) atoms. The van der Waals surface area contributed by atoms with Crippen LogP contribution in [0, 0.1) is 5.41 Å². The van der Waals surface area contributed by atoms with Gasteiger partial charge in [-0.3, -0.25) is 4.79 Å². The monoisotopic (exact) mass is 157 g/mol. The largest absolute Gasteiger partial charge is 0.480 e. The van der Waals surface area contributed by atoms with Crippen LogP contribution in [0.3, 0.4) is 0 Å². The molecule has 0 rings (SSSR count). The number of carbonyl (C=O) groups is 1. The van der Waals surface area contributed by atoms with Gasteiger partial charge in [-0.25, -0.2) is 0 Å². The summed E-state index contributed by atoms with van der Waals surface area (Å²) in [6.07, 6.45) is 2.14. The highest BCUT2D eigenvalue weighted by Gasteiger charge is 2.21. The third-order valence-corrected chi connectivity index (χ3v) is 1.62. The van der Waals surface area contributed by atoms with Crippen LogP contribution < -0.4 is 5.73 Å². The van der Waals surface area contributed by atoms with E-state index in [0.717, 1.165) is 0 Å². The minimum atomic E-state index is -0.958. The van der Waals surface area contributed by atoms with Crippen molar-refractivity contribution in [1.29, 1.82) is 0 Å². The standard InChI is InChI=1S/C8H15NO2/c1-4-8(2,3)5-6(9)7(10)11/h4,6H,1,5,9H2,2-3H3,(H,10,11)/t6-/m0/s1. The second kappa shape index (κ2) is 3.53. The maximum atomic E-state index is 10.3. The molecule has 0 aliphatic rings. The Balaban J connectivity index is 4.03. The van der Waals surface area contributed by atoms with Crippen molar-refractivity contribution in [3.8, 4) is 0 Å².